The van der Waals surface area contributed by atoms with Crippen LogP contribution in [0.4, 0.5) is 4.79 Å². The van der Waals surface area contributed by atoms with Crippen LogP contribution in [0.3, 0.4) is 0 Å². The Bertz CT molecular complexity index is 635. The van der Waals surface area contributed by atoms with Crippen LogP contribution in [0.2, 0.25) is 0 Å². The number of primary amides is 1. The molecule has 1 aromatic carbocycles. The summed E-state index contributed by atoms with van der Waals surface area (Å²) < 4.78 is 4.93. The van der Waals surface area contributed by atoms with E-state index in [0.29, 0.717) is 24.9 Å². The number of hydrogen-bond donors (Lipinski definition) is 3. The summed E-state index contributed by atoms with van der Waals surface area (Å²) in [6.07, 6.45) is -1.58. The molecule has 0 spiro atoms. The van der Waals surface area contributed by atoms with Crippen LogP contribution >= 0.6 is 0 Å². The Labute approximate surface area is 127 Å². The van der Waals surface area contributed by atoms with E-state index in [4.69, 9.17) is 10.5 Å². The standard InChI is InChI=1S/C15H18N2O5/c1-17-6-9-8(7-4-10(18)11(19)5-7)2-3-12(22-15(16)21)13(9)14(17)20/h2-3,7,10-11,18-19H,4-6H2,1H3,(H2,16,21). The van der Waals surface area contributed by atoms with Crippen molar-refractivity contribution in [3.8, 4) is 5.75 Å². The fourth-order valence-electron chi connectivity index (χ4n) is 3.37. The van der Waals surface area contributed by atoms with Crippen molar-refractivity contribution in [2.75, 3.05) is 7.05 Å². The molecule has 0 radical (unpaired) electrons. The fourth-order valence-corrected chi connectivity index (χ4v) is 3.37. The first-order valence-corrected chi connectivity index (χ1v) is 7.13. The maximum absolute atomic E-state index is 12.3. The van der Waals surface area contributed by atoms with Gasteiger partial charge in [0.05, 0.1) is 17.8 Å². The van der Waals surface area contributed by atoms with Crippen LogP contribution in [0.1, 0.15) is 40.2 Å². The molecule has 1 fully saturated rings. The number of carbonyl (C=O) groups is 2. The zero-order valence-corrected chi connectivity index (χ0v) is 12.2. The predicted octanol–water partition coefficient (Wildman–Crippen LogP) is 0.329. The van der Waals surface area contributed by atoms with Crippen LogP contribution in [0.25, 0.3) is 0 Å². The first-order chi connectivity index (χ1) is 10.4. The molecule has 22 heavy (non-hydrogen) atoms. The molecular formula is C15H18N2O5. The number of nitrogens with zero attached hydrogens (tertiary/aromatic N) is 1. The number of nitrogens with two attached hydrogens (primary N) is 1. The van der Waals surface area contributed by atoms with Gasteiger partial charge in [-0.3, -0.25) is 4.79 Å². The summed E-state index contributed by atoms with van der Waals surface area (Å²) >= 11 is 0. The molecule has 2 aliphatic rings. The van der Waals surface area contributed by atoms with E-state index in [0.717, 1.165) is 11.1 Å². The molecule has 3 rings (SSSR count). The maximum Gasteiger partial charge on any atom is 0.409 e. The van der Waals surface area contributed by atoms with Gasteiger partial charge in [-0.1, -0.05) is 6.07 Å². The molecule has 7 nitrogen and oxygen atoms in total. The Balaban J connectivity index is 2.04. The lowest BCUT2D eigenvalue weighted by atomic mass is 9.90. The third kappa shape index (κ3) is 2.32. The van der Waals surface area contributed by atoms with Gasteiger partial charge in [0, 0.05) is 13.6 Å². The maximum atomic E-state index is 12.3. The summed E-state index contributed by atoms with van der Waals surface area (Å²) in [7, 11) is 1.67. The number of ether oxygens (including phenoxy) is 1. The van der Waals surface area contributed by atoms with Gasteiger partial charge in [-0.2, -0.15) is 0 Å². The Morgan fingerprint density at radius 3 is 2.55 bits per heavy atom. The Morgan fingerprint density at radius 2 is 1.95 bits per heavy atom. The number of hydrogen-bond acceptors (Lipinski definition) is 5. The molecule has 2 atom stereocenters. The minimum absolute atomic E-state index is 0.0271. The minimum Gasteiger partial charge on any atom is -0.410 e. The van der Waals surface area contributed by atoms with Crippen molar-refractivity contribution in [3.05, 3.63) is 28.8 Å². The largest absolute Gasteiger partial charge is 0.410 e. The molecule has 1 aromatic rings. The van der Waals surface area contributed by atoms with Crippen molar-refractivity contribution < 1.29 is 24.5 Å². The third-order valence-electron chi connectivity index (χ3n) is 4.41. The van der Waals surface area contributed by atoms with Gasteiger partial charge >= 0.3 is 6.09 Å². The van der Waals surface area contributed by atoms with Gasteiger partial charge in [0.1, 0.15) is 5.75 Å². The summed E-state index contributed by atoms with van der Waals surface area (Å²) in [6.45, 7) is 0.405. The molecule has 7 heteroatoms. The van der Waals surface area contributed by atoms with Crippen molar-refractivity contribution >= 4 is 12.0 Å². The second-order valence-electron chi connectivity index (χ2n) is 5.89. The molecular weight excluding hydrogens is 288 g/mol. The molecule has 2 amide bonds. The Hall–Kier alpha value is -2.12. The lowest BCUT2D eigenvalue weighted by molar-refractivity contribution is 0.0438. The highest BCUT2D eigenvalue weighted by Crippen LogP contribution is 2.42. The van der Waals surface area contributed by atoms with Crippen molar-refractivity contribution in [1.29, 1.82) is 0 Å². The molecule has 0 bridgehead atoms. The fraction of sp³-hybridized carbons (Fsp3) is 0.467. The molecule has 0 aromatic heterocycles. The lowest BCUT2D eigenvalue weighted by Crippen LogP contribution is -2.20. The average Bonchev–Trinajstić information content (AvgIpc) is 2.91. The van der Waals surface area contributed by atoms with Gasteiger partial charge in [-0.05, 0) is 36.0 Å². The second kappa shape index (κ2) is 5.26. The summed E-state index contributed by atoms with van der Waals surface area (Å²) in [5, 5.41) is 19.5. The number of carbonyl (C=O) groups excluding carboxylic acids is 2. The smallest absolute Gasteiger partial charge is 0.409 e. The average molecular weight is 306 g/mol. The minimum atomic E-state index is -0.969. The summed E-state index contributed by atoms with van der Waals surface area (Å²) in [5.74, 6) is -0.104. The highest BCUT2D eigenvalue weighted by atomic mass is 16.5. The van der Waals surface area contributed by atoms with Gasteiger partial charge in [-0.25, -0.2) is 4.79 Å². The van der Waals surface area contributed by atoms with Crippen molar-refractivity contribution in [2.24, 2.45) is 5.73 Å². The number of amides is 2. The van der Waals surface area contributed by atoms with E-state index in [-0.39, 0.29) is 17.6 Å². The van der Waals surface area contributed by atoms with E-state index >= 15 is 0 Å². The molecule has 1 heterocycles. The lowest BCUT2D eigenvalue weighted by Gasteiger charge is -2.15. The summed E-state index contributed by atoms with van der Waals surface area (Å²) in [5.41, 5.74) is 7.06. The number of aliphatic hydroxyl groups is 2. The summed E-state index contributed by atoms with van der Waals surface area (Å²) in [4.78, 5) is 24.8. The van der Waals surface area contributed by atoms with Crippen LogP contribution in [0, 0.1) is 0 Å². The van der Waals surface area contributed by atoms with E-state index < -0.39 is 18.3 Å². The van der Waals surface area contributed by atoms with E-state index in [2.05, 4.69) is 0 Å². The van der Waals surface area contributed by atoms with Gasteiger partial charge in [0.15, 0.2) is 0 Å². The van der Waals surface area contributed by atoms with E-state index in [1.807, 2.05) is 0 Å². The van der Waals surface area contributed by atoms with Gasteiger partial charge in [-0.15, -0.1) is 0 Å². The molecule has 4 N–H and O–H groups in total. The first-order valence-electron chi connectivity index (χ1n) is 7.13. The van der Waals surface area contributed by atoms with E-state index in [1.165, 1.54) is 4.90 Å². The van der Waals surface area contributed by atoms with Crippen LogP contribution in [-0.2, 0) is 6.54 Å². The topological polar surface area (TPSA) is 113 Å². The van der Waals surface area contributed by atoms with Crippen molar-refractivity contribution in [2.45, 2.75) is 37.5 Å². The SMILES string of the molecule is CN1Cc2c(C3CC(O)C(O)C3)ccc(OC(N)=O)c2C1=O. The highest BCUT2D eigenvalue weighted by Gasteiger charge is 2.38. The molecule has 118 valence electrons. The Kier molecular flexibility index (Phi) is 3.54. The first kappa shape index (κ1) is 14.8. The number of aliphatic hydroxyl groups excluding tert-OH is 2. The summed E-state index contributed by atoms with van der Waals surface area (Å²) in [6, 6.07) is 3.33. The normalized spacial score (nSPS) is 27.1. The number of fused-ring (bicyclic) bond motifs is 1. The van der Waals surface area contributed by atoms with Crippen LogP contribution in [0.15, 0.2) is 12.1 Å². The van der Waals surface area contributed by atoms with E-state index in [9.17, 15) is 19.8 Å². The van der Waals surface area contributed by atoms with Gasteiger partial charge in [0.2, 0.25) is 0 Å². The van der Waals surface area contributed by atoms with Gasteiger partial charge in [0.25, 0.3) is 5.91 Å². The molecule has 1 saturated carbocycles. The van der Waals surface area contributed by atoms with Crippen molar-refractivity contribution in [3.63, 3.8) is 0 Å². The third-order valence-corrected chi connectivity index (χ3v) is 4.41. The zero-order valence-electron chi connectivity index (χ0n) is 12.2. The van der Waals surface area contributed by atoms with Crippen LogP contribution < -0.4 is 10.5 Å². The molecule has 1 aliphatic heterocycles. The van der Waals surface area contributed by atoms with E-state index in [1.54, 1.807) is 19.2 Å². The van der Waals surface area contributed by atoms with Gasteiger partial charge < -0.3 is 25.6 Å². The molecule has 0 saturated heterocycles. The molecule has 1 aliphatic carbocycles. The predicted molar refractivity (Wildman–Crippen MR) is 76.4 cm³/mol. The second-order valence-corrected chi connectivity index (χ2v) is 5.89. The zero-order chi connectivity index (χ0) is 16.0. The Morgan fingerprint density at radius 1 is 1.32 bits per heavy atom. The monoisotopic (exact) mass is 306 g/mol. The quantitative estimate of drug-likeness (QED) is 0.728. The highest BCUT2D eigenvalue weighted by molar-refractivity contribution is 6.01. The molecule has 2 unspecified atom stereocenters. The van der Waals surface area contributed by atoms with Crippen LogP contribution in [-0.4, -0.2) is 46.4 Å². The van der Waals surface area contributed by atoms with Crippen LogP contribution in [0.5, 0.6) is 5.75 Å². The number of rotatable bonds is 2. The number of benzene rings is 1. The van der Waals surface area contributed by atoms with Crippen molar-refractivity contribution in [1.82, 2.24) is 4.90 Å².